The van der Waals surface area contributed by atoms with Crippen LogP contribution >= 0.6 is 15.9 Å². The van der Waals surface area contributed by atoms with Crippen molar-refractivity contribution in [1.82, 2.24) is 5.43 Å². The summed E-state index contributed by atoms with van der Waals surface area (Å²) in [6.07, 6.45) is 1.48. The number of anilines is 1. The Morgan fingerprint density at radius 3 is 2.29 bits per heavy atom. The second-order valence-electron chi connectivity index (χ2n) is 9.37. The maximum absolute atomic E-state index is 12.9. The Morgan fingerprint density at radius 2 is 1.53 bits per heavy atom. The molecule has 0 unspecified atom stereocenters. The van der Waals surface area contributed by atoms with Crippen LogP contribution in [0.25, 0.3) is 0 Å². The number of halogens is 1. The molecule has 4 aromatic rings. The molecule has 10 nitrogen and oxygen atoms in total. The summed E-state index contributed by atoms with van der Waals surface area (Å²) in [5.41, 5.74) is 5.07. The molecule has 2 amide bonds. The number of nitrogens with zero attached hydrogens (tertiary/aromatic N) is 1. The lowest BCUT2D eigenvalue weighted by Crippen LogP contribution is -2.21. The smallest absolute Gasteiger partial charge is 0.271 e. The van der Waals surface area contributed by atoms with Gasteiger partial charge < -0.3 is 29.0 Å². The van der Waals surface area contributed by atoms with Crippen molar-refractivity contribution in [1.29, 1.82) is 0 Å². The molecule has 0 spiro atoms. The van der Waals surface area contributed by atoms with Crippen LogP contribution in [0.15, 0.2) is 94.5 Å². The highest BCUT2D eigenvalue weighted by Gasteiger charge is 2.16. The lowest BCUT2D eigenvalue weighted by Gasteiger charge is -2.15. The second-order valence-corrected chi connectivity index (χ2v) is 10.2. The quantitative estimate of drug-likeness (QED) is 0.108. The Kier molecular flexibility index (Phi) is 12.2. The Bertz CT molecular complexity index is 1630. The number of nitrogens with one attached hydrogen (secondary N) is 2. The number of amides is 2. The minimum absolute atomic E-state index is 0.264. The van der Waals surface area contributed by atoms with Gasteiger partial charge in [-0.3, -0.25) is 9.59 Å². The van der Waals surface area contributed by atoms with E-state index in [0.717, 1.165) is 5.56 Å². The zero-order chi connectivity index (χ0) is 32.0. The highest BCUT2D eigenvalue weighted by atomic mass is 79.9. The first-order chi connectivity index (χ1) is 21.9. The topological polar surface area (TPSA) is 117 Å². The zero-order valence-corrected chi connectivity index (χ0v) is 26.8. The minimum Gasteiger partial charge on any atom is -0.495 e. The Morgan fingerprint density at radius 1 is 0.800 bits per heavy atom. The Balaban J connectivity index is 1.39. The van der Waals surface area contributed by atoms with E-state index in [4.69, 9.17) is 23.7 Å². The molecule has 2 N–H and O–H groups in total. The van der Waals surface area contributed by atoms with Gasteiger partial charge in [0, 0.05) is 5.56 Å². The molecule has 0 radical (unpaired) electrons. The standard InChI is InChI=1S/C34H34BrN3O7/c1-4-42-30-19-25(15-16-29(30)44-21-23-11-7-6-8-12-23)34(40)38-36-20-24-17-26(35)33(31(18-24)43-5-2)45-22-32(39)37-27-13-9-10-14-28(27)41-3/h6-20H,4-5,21-22H2,1-3H3,(H,37,39)(H,38,40)/b36-20+. The molecule has 0 saturated heterocycles. The summed E-state index contributed by atoms with van der Waals surface area (Å²) in [6.45, 7) is 4.58. The molecule has 0 fully saturated rings. The van der Waals surface area contributed by atoms with Gasteiger partial charge >= 0.3 is 0 Å². The third kappa shape index (κ3) is 9.48. The largest absolute Gasteiger partial charge is 0.495 e. The number of carbonyl (C=O) groups excluding carboxylic acids is 2. The van der Waals surface area contributed by atoms with Crippen LogP contribution in [0.5, 0.6) is 28.7 Å². The van der Waals surface area contributed by atoms with Crippen LogP contribution in [-0.4, -0.2) is 45.0 Å². The third-order valence-corrected chi connectivity index (χ3v) is 6.77. The number of carbonyl (C=O) groups is 2. The summed E-state index contributed by atoms with van der Waals surface area (Å²) in [5.74, 6) is 1.49. The first-order valence-electron chi connectivity index (χ1n) is 14.2. The van der Waals surface area contributed by atoms with Crippen LogP contribution in [-0.2, 0) is 11.4 Å². The lowest BCUT2D eigenvalue weighted by atomic mass is 10.2. The maximum atomic E-state index is 12.9. The number of hydrazone groups is 1. The molecule has 0 heterocycles. The van der Waals surface area contributed by atoms with E-state index in [1.807, 2.05) is 50.2 Å². The lowest BCUT2D eigenvalue weighted by molar-refractivity contribution is -0.118. The number of hydrogen-bond acceptors (Lipinski definition) is 8. The predicted octanol–water partition coefficient (Wildman–Crippen LogP) is 6.62. The highest BCUT2D eigenvalue weighted by molar-refractivity contribution is 9.10. The molecule has 0 aromatic heterocycles. The van der Waals surface area contributed by atoms with Crippen molar-refractivity contribution in [3.05, 3.63) is 106 Å². The van der Waals surface area contributed by atoms with Crippen molar-refractivity contribution >= 4 is 39.6 Å². The molecule has 0 bridgehead atoms. The van der Waals surface area contributed by atoms with Gasteiger partial charge in [0.25, 0.3) is 11.8 Å². The van der Waals surface area contributed by atoms with E-state index in [9.17, 15) is 9.59 Å². The number of rotatable bonds is 15. The summed E-state index contributed by atoms with van der Waals surface area (Å²) >= 11 is 3.49. The first-order valence-corrected chi connectivity index (χ1v) is 15.0. The molecule has 0 saturated carbocycles. The van der Waals surface area contributed by atoms with E-state index in [-0.39, 0.29) is 12.5 Å². The van der Waals surface area contributed by atoms with E-state index in [0.29, 0.717) is 69.9 Å². The first kappa shape index (κ1) is 32.9. The fourth-order valence-corrected chi connectivity index (χ4v) is 4.71. The average Bonchev–Trinajstić information content (AvgIpc) is 3.04. The van der Waals surface area contributed by atoms with Gasteiger partial charge in [-0.15, -0.1) is 0 Å². The van der Waals surface area contributed by atoms with Gasteiger partial charge in [0.1, 0.15) is 12.4 Å². The van der Waals surface area contributed by atoms with Gasteiger partial charge in [-0.05, 0) is 83.4 Å². The molecule has 11 heteroatoms. The second kappa shape index (κ2) is 16.7. The Hall–Kier alpha value is -5.03. The summed E-state index contributed by atoms with van der Waals surface area (Å²) in [4.78, 5) is 25.4. The van der Waals surface area contributed by atoms with E-state index in [1.165, 1.54) is 13.3 Å². The number of hydrogen-bond donors (Lipinski definition) is 2. The highest BCUT2D eigenvalue weighted by Crippen LogP contribution is 2.37. The van der Waals surface area contributed by atoms with Gasteiger partial charge in [-0.1, -0.05) is 42.5 Å². The van der Waals surface area contributed by atoms with E-state index >= 15 is 0 Å². The summed E-state index contributed by atoms with van der Waals surface area (Å²) < 4.78 is 29.0. The van der Waals surface area contributed by atoms with E-state index in [2.05, 4.69) is 31.8 Å². The van der Waals surface area contributed by atoms with Crippen LogP contribution in [0.3, 0.4) is 0 Å². The van der Waals surface area contributed by atoms with Gasteiger partial charge in [0.15, 0.2) is 29.6 Å². The Labute approximate surface area is 270 Å². The fraction of sp³-hybridized carbons (Fsp3) is 0.206. The minimum atomic E-state index is -0.424. The number of para-hydroxylation sites is 2. The molecule has 0 atom stereocenters. The van der Waals surface area contributed by atoms with Crippen LogP contribution < -0.4 is 34.4 Å². The summed E-state index contributed by atoms with van der Waals surface area (Å²) in [6, 6.07) is 25.3. The normalized spacial score (nSPS) is 10.7. The van der Waals surface area contributed by atoms with Crippen molar-refractivity contribution in [2.75, 3.05) is 32.2 Å². The van der Waals surface area contributed by atoms with Gasteiger partial charge in [0.2, 0.25) is 0 Å². The average molecular weight is 677 g/mol. The number of benzene rings is 4. The SMILES string of the molecule is CCOc1cc(C(=O)N/N=C/c2cc(Br)c(OCC(=O)Nc3ccccc3OC)c(OCC)c2)ccc1OCc1ccccc1. The van der Waals surface area contributed by atoms with Crippen LogP contribution in [0.1, 0.15) is 35.3 Å². The van der Waals surface area contributed by atoms with Gasteiger partial charge in [-0.2, -0.15) is 5.10 Å². The molecule has 4 rings (SSSR count). The van der Waals surface area contributed by atoms with Crippen molar-refractivity contribution in [3.63, 3.8) is 0 Å². The van der Waals surface area contributed by atoms with Crippen LogP contribution in [0, 0.1) is 0 Å². The van der Waals surface area contributed by atoms with Crippen LogP contribution in [0.4, 0.5) is 5.69 Å². The molecule has 4 aromatic carbocycles. The molecular formula is C34H34BrN3O7. The molecular weight excluding hydrogens is 642 g/mol. The number of ether oxygens (including phenoxy) is 5. The van der Waals surface area contributed by atoms with E-state index < -0.39 is 5.91 Å². The fourth-order valence-electron chi connectivity index (χ4n) is 4.14. The summed E-state index contributed by atoms with van der Waals surface area (Å²) in [7, 11) is 1.53. The molecule has 0 aliphatic carbocycles. The van der Waals surface area contributed by atoms with Crippen molar-refractivity contribution in [3.8, 4) is 28.7 Å². The maximum Gasteiger partial charge on any atom is 0.271 e. The van der Waals surface area contributed by atoms with Gasteiger partial charge in [0.05, 0.1) is 36.7 Å². The zero-order valence-electron chi connectivity index (χ0n) is 25.2. The molecule has 0 aliphatic heterocycles. The van der Waals surface area contributed by atoms with Crippen molar-refractivity contribution in [2.45, 2.75) is 20.5 Å². The molecule has 234 valence electrons. The van der Waals surface area contributed by atoms with Crippen molar-refractivity contribution < 1.29 is 33.3 Å². The van der Waals surface area contributed by atoms with Gasteiger partial charge in [-0.25, -0.2) is 5.43 Å². The van der Waals surface area contributed by atoms with Crippen LogP contribution in [0.2, 0.25) is 0 Å². The van der Waals surface area contributed by atoms with Crippen molar-refractivity contribution in [2.24, 2.45) is 5.10 Å². The monoisotopic (exact) mass is 675 g/mol. The summed E-state index contributed by atoms with van der Waals surface area (Å²) in [5, 5.41) is 6.88. The molecule has 45 heavy (non-hydrogen) atoms. The molecule has 0 aliphatic rings. The number of methoxy groups -OCH3 is 1. The third-order valence-electron chi connectivity index (χ3n) is 6.18. The predicted molar refractivity (Wildman–Crippen MR) is 176 cm³/mol. The van der Waals surface area contributed by atoms with E-state index in [1.54, 1.807) is 48.5 Å².